The second kappa shape index (κ2) is 8.33. The van der Waals surface area contributed by atoms with Gasteiger partial charge in [0.1, 0.15) is 6.54 Å². The van der Waals surface area contributed by atoms with Crippen LogP contribution in [-0.2, 0) is 19.3 Å². The Bertz CT molecular complexity index is 1320. The summed E-state index contributed by atoms with van der Waals surface area (Å²) in [6.45, 7) is 5.85. The first kappa shape index (κ1) is 22.2. The van der Waals surface area contributed by atoms with E-state index < -0.39 is 4.87 Å². The van der Waals surface area contributed by atoms with E-state index in [4.69, 9.17) is 0 Å². The van der Waals surface area contributed by atoms with Gasteiger partial charge >= 0.3 is 0 Å². The molecular formula is C27H25N3O3S. The van der Waals surface area contributed by atoms with Gasteiger partial charge in [0.25, 0.3) is 5.91 Å². The van der Waals surface area contributed by atoms with Crippen molar-refractivity contribution in [2.24, 2.45) is 0 Å². The van der Waals surface area contributed by atoms with Gasteiger partial charge in [-0.05, 0) is 62.2 Å². The van der Waals surface area contributed by atoms with Crippen LogP contribution >= 0.6 is 11.8 Å². The number of hydrogen-bond donors (Lipinski definition) is 1. The topological polar surface area (TPSA) is 69.7 Å². The summed E-state index contributed by atoms with van der Waals surface area (Å²) in [5, 5.41) is 2.87. The fourth-order valence-corrected chi connectivity index (χ4v) is 5.92. The Labute approximate surface area is 202 Å². The number of carbonyl (C=O) groups excluding carboxylic acids is 3. The van der Waals surface area contributed by atoms with Gasteiger partial charge in [0.2, 0.25) is 16.7 Å². The Morgan fingerprint density at radius 2 is 1.71 bits per heavy atom. The number of rotatable bonds is 4. The quantitative estimate of drug-likeness (QED) is 0.607. The van der Waals surface area contributed by atoms with Crippen molar-refractivity contribution in [2.45, 2.75) is 25.6 Å². The van der Waals surface area contributed by atoms with Gasteiger partial charge in [-0.25, -0.2) is 0 Å². The van der Waals surface area contributed by atoms with Gasteiger partial charge in [-0.2, -0.15) is 0 Å². The van der Waals surface area contributed by atoms with Crippen LogP contribution in [0.15, 0.2) is 66.7 Å². The lowest BCUT2D eigenvalue weighted by Gasteiger charge is -2.33. The summed E-state index contributed by atoms with van der Waals surface area (Å²) in [6.07, 6.45) is 0. The fourth-order valence-electron chi connectivity index (χ4n) is 4.56. The molecule has 0 saturated carbocycles. The zero-order valence-corrected chi connectivity index (χ0v) is 20.1. The van der Waals surface area contributed by atoms with Gasteiger partial charge in [0, 0.05) is 16.9 Å². The smallest absolute Gasteiger partial charge is 0.269 e. The number of benzene rings is 3. The second-order valence-electron chi connectivity index (χ2n) is 8.75. The summed E-state index contributed by atoms with van der Waals surface area (Å²) in [4.78, 5) is 42.0. The molecule has 0 aromatic heterocycles. The maximum atomic E-state index is 14.0. The van der Waals surface area contributed by atoms with Crippen molar-refractivity contribution in [1.82, 2.24) is 0 Å². The SMILES string of the molecule is Cc1ccc(NC(=O)CN2C(=O)[C@]3(SCC(=O)N3c3ccc(C)c(C)c3)c3ccccc32)cc1. The van der Waals surface area contributed by atoms with Crippen LogP contribution in [0.1, 0.15) is 22.3 Å². The number of nitrogens with zero attached hydrogens (tertiary/aromatic N) is 2. The van der Waals surface area contributed by atoms with Crippen molar-refractivity contribution < 1.29 is 14.4 Å². The monoisotopic (exact) mass is 471 g/mol. The highest BCUT2D eigenvalue weighted by molar-refractivity contribution is 8.02. The number of thioether (sulfide) groups is 1. The minimum atomic E-state index is -1.22. The number of amides is 3. The summed E-state index contributed by atoms with van der Waals surface area (Å²) in [7, 11) is 0. The van der Waals surface area contributed by atoms with E-state index in [-0.39, 0.29) is 30.0 Å². The predicted molar refractivity (Wildman–Crippen MR) is 136 cm³/mol. The normalized spacial score (nSPS) is 19.1. The average molecular weight is 472 g/mol. The Morgan fingerprint density at radius 1 is 0.971 bits per heavy atom. The molecule has 7 heteroatoms. The summed E-state index contributed by atoms with van der Waals surface area (Å²) in [5.74, 6) is -0.503. The number of anilines is 3. The standard InChI is InChI=1S/C27H25N3O3S/c1-17-8-11-20(12-9-17)28-24(31)15-29-23-7-5-4-6-22(23)27(26(29)33)30(25(32)16-34-27)21-13-10-18(2)19(3)14-21/h4-14H,15-16H2,1-3H3,(H,28,31)/t27-/m1/s1. The average Bonchev–Trinajstić information content (AvgIpc) is 3.28. The molecule has 3 aromatic carbocycles. The number of hydrogen-bond acceptors (Lipinski definition) is 4. The van der Waals surface area contributed by atoms with Gasteiger partial charge < -0.3 is 5.32 Å². The zero-order valence-electron chi connectivity index (χ0n) is 19.3. The molecule has 0 bridgehead atoms. The third-order valence-electron chi connectivity index (χ3n) is 6.45. The Morgan fingerprint density at radius 3 is 2.44 bits per heavy atom. The predicted octanol–water partition coefficient (Wildman–Crippen LogP) is 4.53. The van der Waals surface area contributed by atoms with Crippen LogP contribution in [0.2, 0.25) is 0 Å². The molecule has 1 atom stereocenters. The van der Waals surface area contributed by atoms with E-state index in [1.807, 2.05) is 87.5 Å². The van der Waals surface area contributed by atoms with E-state index >= 15 is 0 Å². The molecule has 2 heterocycles. The van der Waals surface area contributed by atoms with E-state index in [1.54, 1.807) is 4.90 Å². The molecule has 2 aliphatic rings. The number of carbonyl (C=O) groups is 3. The van der Waals surface area contributed by atoms with Crippen molar-refractivity contribution in [3.05, 3.63) is 89.0 Å². The lowest BCUT2D eigenvalue weighted by molar-refractivity contribution is -0.124. The largest absolute Gasteiger partial charge is 0.325 e. The van der Waals surface area contributed by atoms with E-state index in [9.17, 15) is 14.4 Å². The van der Waals surface area contributed by atoms with Crippen molar-refractivity contribution in [3.8, 4) is 0 Å². The first-order chi connectivity index (χ1) is 16.3. The molecule has 2 aliphatic heterocycles. The molecule has 3 amide bonds. The van der Waals surface area contributed by atoms with Crippen LogP contribution in [0.5, 0.6) is 0 Å². The molecule has 1 N–H and O–H groups in total. The molecule has 34 heavy (non-hydrogen) atoms. The Balaban J connectivity index is 1.52. The van der Waals surface area contributed by atoms with Gasteiger partial charge in [0.05, 0.1) is 11.4 Å². The second-order valence-corrected chi connectivity index (χ2v) is 9.92. The van der Waals surface area contributed by atoms with Crippen LogP contribution in [0.3, 0.4) is 0 Å². The highest BCUT2D eigenvalue weighted by Crippen LogP contribution is 2.55. The summed E-state index contributed by atoms with van der Waals surface area (Å²) >= 11 is 1.31. The van der Waals surface area contributed by atoms with Gasteiger partial charge in [0.15, 0.2) is 0 Å². The number of fused-ring (bicyclic) bond motifs is 2. The first-order valence-electron chi connectivity index (χ1n) is 11.1. The molecule has 0 aliphatic carbocycles. The number of aryl methyl sites for hydroxylation is 3. The van der Waals surface area contributed by atoms with Crippen LogP contribution in [0, 0.1) is 20.8 Å². The van der Waals surface area contributed by atoms with Crippen molar-refractivity contribution in [2.75, 3.05) is 27.4 Å². The van der Waals surface area contributed by atoms with Crippen LogP contribution < -0.4 is 15.1 Å². The first-order valence-corrected chi connectivity index (χ1v) is 12.1. The van der Waals surface area contributed by atoms with Gasteiger partial charge in [-0.3, -0.25) is 24.2 Å². The third kappa shape index (κ3) is 3.47. The summed E-state index contributed by atoms with van der Waals surface area (Å²) in [5.41, 5.74) is 6.01. The Kier molecular flexibility index (Phi) is 5.44. The van der Waals surface area contributed by atoms with E-state index in [2.05, 4.69) is 5.32 Å². The summed E-state index contributed by atoms with van der Waals surface area (Å²) in [6, 6.07) is 20.7. The molecule has 1 saturated heterocycles. The highest BCUT2D eigenvalue weighted by Gasteiger charge is 2.61. The lowest BCUT2D eigenvalue weighted by Crippen LogP contribution is -2.50. The maximum absolute atomic E-state index is 14.0. The highest BCUT2D eigenvalue weighted by atomic mass is 32.2. The zero-order chi connectivity index (χ0) is 24.0. The van der Waals surface area contributed by atoms with E-state index in [0.29, 0.717) is 17.1 Å². The van der Waals surface area contributed by atoms with Gasteiger partial charge in [-0.1, -0.05) is 42.0 Å². The summed E-state index contributed by atoms with van der Waals surface area (Å²) < 4.78 is 0. The van der Waals surface area contributed by atoms with Crippen LogP contribution in [0.4, 0.5) is 17.1 Å². The van der Waals surface area contributed by atoms with Gasteiger partial charge in [-0.15, -0.1) is 11.8 Å². The number of para-hydroxylation sites is 1. The van der Waals surface area contributed by atoms with Crippen LogP contribution in [0.25, 0.3) is 0 Å². The van der Waals surface area contributed by atoms with Crippen molar-refractivity contribution in [1.29, 1.82) is 0 Å². The molecule has 1 spiro atoms. The Hall–Kier alpha value is -3.58. The minimum Gasteiger partial charge on any atom is -0.325 e. The third-order valence-corrected chi connectivity index (χ3v) is 7.84. The number of nitrogens with one attached hydrogen (secondary N) is 1. The van der Waals surface area contributed by atoms with E-state index in [0.717, 1.165) is 22.3 Å². The molecule has 5 rings (SSSR count). The maximum Gasteiger partial charge on any atom is 0.269 e. The molecule has 0 radical (unpaired) electrons. The van der Waals surface area contributed by atoms with E-state index in [1.165, 1.54) is 16.7 Å². The molecule has 172 valence electrons. The fraction of sp³-hybridized carbons (Fsp3) is 0.222. The molecule has 1 fully saturated rings. The molecule has 0 unspecified atom stereocenters. The molecule has 6 nitrogen and oxygen atoms in total. The lowest BCUT2D eigenvalue weighted by atomic mass is 10.0. The van der Waals surface area contributed by atoms with Crippen molar-refractivity contribution >= 4 is 46.5 Å². The molecule has 3 aromatic rings. The molecular weight excluding hydrogens is 446 g/mol. The minimum absolute atomic E-state index is 0.123. The van der Waals surface area contributed by atoms with Crippen molar-refractivity contribution in [3.63, 3.8) is 0 Å². The van der Waals surface area contributed by atoms with Crippen LogP contribution in [-0.4, -0.2) is 30.0 Å².